The van der Waals surface area contributed by atoms with Crippen LogP contribution in [0.2, 0.25) is 0 Å². The van der Waals surface area contributed by atoms with Crippen LogP contribution >= 0.6 is 0 Å². The molecule has 104 valence electrons. The minimum atomic E-state index is -0.354. The van der Waals surface area contributed by atoms with Crippen molar-refractivity contribution in [1.29, 1.82) is 5.26 Å². The molecule has 0 unspecified atom stereocenters. The monoisotopic (exact) mass is 278 g/mol. The highest BCUT2D eigenvalue weighted by Crippen LogP contribution is 2.30. The molecule has 3 rings (SSSR count). The van der Waals surface area contributed by atoms with Gasteiger partial charge in [-0.05, 0) is 25.5 Å². The Hall–Kier alpha value is -2.87. The highest BCUT2D eigenvalue weighted by atomic mass is 16.5. The van der Waals surface area contributed by atoms with Gasteiger partial charge < -0.3 is 9.51 Å². The van der Waals surface area contributed by atoms with Crippen LogP contribution in [-0.4, -0.2) is 15.1 Å². The van der Waals surface area contributed by atoms with Crippen molar-refractivity contribution in [3.8, 4) is 17.7 Å². The van der Waals surface area contributed by atoms with Gasteiger partial charge in [0.15, 0.2) is 5.82 Å². The van der Waals surface area contributed by atoms with Crippen molar-refractivity contribution in [2.24, 2.45) is 0 Å². The number of nitrogens with zero attached hydrogens (tertiary/aromatic N) is 3. The number of rotatable bonds is 3. The summed E-state index contributed by atoms with van der Waals surface area (Å²) in [4.78, 5) is 7.42. The van der Waals surface area contributed by atoms with Gasteiger partial charge >= 0.3 is 0 Å². The highest BCUT2D eigenvalue weighted by molar-refractivity contribution is 5.51. The van der Waals surface area contributed by atoms with Crippen molar-refractivity contribution in [3.63, 3.8) is 0 Å². The van der Waals surface area contributed by atoms with Crippen LogP contribution in [0, 0.1) is 11.3 Å². The van der Waals surface area contributed by atoms with Crippen LogP contribution in [0.1, 0.15) is 30.8 Å². The van der Waals surface area contributed by atoms with Crippen LogP contribution in [0.5, 0.6) is 0 Å². The summed E-state index contributed by atoms with van der Waals surface area (Å²) in [6.07, 6.45) is 1.61. The Morgan fingerprint density at radius 3 is 2.67 bits per heavy atom. The molecule has 0 atom stereocenters. The van der Waals surface area contributed by atoms with Crippen LogP contribution in [-0.2, 0) is 5.41 Å². The average Bonchev–Trinajstić information content (AvgIpc) is 3.17. The van der Waals surface area contributed by atoms with Gasteiger partial charge in [0, 0.05) is 6.20 Å². The number of hydrogen-bond acceptors (Lipinski definition) is 4. The molecule has 0 radical (unpaired) electrons. The Morgan fingerprint density at radius 2 is 2.00 bits per heavy atom. The van der Waals surface area contributed by atoms with Gasteiger partial charge in [0.2, 0.25) is 0 Å². The minimum Gasteiger partial charge on any atom is -0.356 e. The summed E-state index contributed by atoms with van der Waals surface area (Å²) in [6, 6.07) is 13.8. The first kappa shape index (κ1) is 13.1. The van der Waals surface area contributed by atoms with Gasteiger partial charge in [-0.25, -0.2) is 0 Å². The smallest absolute Gasteiger partial charge is 0.274 e. The molecule has 0 bridgehead atoms. The number of aromatic amines is 1. The zero-order valence-electron chi connectivity index (χ0n) is 11.8. The molecule has 0 fully saturated rings. The van der Waals surface area contributed by atoms with Crippen molar-refractivity contribution in [1.82, 2.24) is 15.1 Å². The fourth-order valence-corrected chi connectivity index (χ4v) is 2.15. The van der Waals surface area contributed by atoms with Gasteiger partial charge in [-0.3, -0.25) is 0 Å². The molecule has 0 spiro atoms. The second-order valence-corrected chi connectivity index (χ2v) is 5.33. The van der Waals surface area contributed by atoms with E-state index in [1.165, 1.54) is 0 Å². The van der Waals surface area contributed by atoms with Crippen molar-refractivity contribution >= 4 is 0 Å². The van der Waals surface area contributed by atoms with E-state index in [0.29, 0.717) is 23.0 Å². The van der Waals surface area contributed by atoms with Gasteiger partial charge in [-0.15, -0.1) is 0 Å². The summed E-state index contributed by atoms with van der Waals surface area (Å²) < 4.78 is 5.31. The maximum atomic E-state index is 8.84. The quantitative estimate of drug-likeness (QED) is 0.797. The van der Waals surface area contributed by atoms with Crippen LogP contribution < -0.4 is 0 Å². The summed E-state index contributed by atoms with van der Waals surface area (Å²) >= 11 is 0. The molecule has 0 aliphatic heterocycles. The summed E-state index contributed by atoms with van der Waals surface area (Å²) in [5.41, 5.74) is 1.94. The number of hydrogen-bond donors (Lipinski definition) is 1. The number of H-pyrrole nitrogens is 1. The average molecular weight is 278 g/mol. The van der Waals surface area contributed by atoms with E-state index in [9.17, 15) is 0 Å². The van der Waals surface area contributed by atoms with E-state index < -0.39 is 0 Å². The number of nitriles is 1. The molecule has 21 heavy (non-hydrogen) atoms. The first-order valence-electron chi connectivity index (χ1n) is 6.60. The largest absolute Gasteiger partial charge is 0.356 e. The zero-order chi connectivity index (χ0) is 14.9. The molecule has 0 saturated heterocycles. The second kappa shape index (κ2) is 4.91. The molecule has 5 nitrogen and oxygen atoms in total. The van der Waals surface area contributed by atoms with Gasteiger partial charge in [0.1, 0.15) is 11.8 Å². The highest BCUT2D eigenvalue weighted by Gasteiger charge is 2.29. The van der Waals surface area contributed by atoms with E-state index in [0.717, 1.165) is 5.56 Å². The topological polar surface area (TPSA) is 78.5 Å². The second-order valence-electron chi connectivity index (χ2n) is 5.33. The molecule has 0 aliphatic carbocycles. The maximum absolute atomic E-state index is 8.84. The lowest BCUT2D eigenvalue weighted by Crippen LogP contribution is -2.20. The lowest BCUT2D eigenvalue weighted by Gasteiger charge is -2.20. The Kier molecular flexibility index (Phi) is 3.07. The van der Waals surface area contributed by atoms with Crippen LogP contribution in [0.25, 0.3) is 11.6 Å². The molecule has 0 amide bonds. The predicted octanol–water partition coefficient (Wildman–Crippen LogP) is 3.26. The normalized spacial score (nSPS) is 11.3. The van der Waals surface area contributed by atoms with Crippen molar-refractivity contribution in [2.75, 3.05) is 0 Å². The standard InChI is InChI=1S/C16H14N4O/c1-16(2,12-6-4-3-5-7-12)15-19-14(21-20-15)13-8-11(9-17)10-18-13/h3-8,10,18H,1-2H3. The molecule has 1 aromatic carbocycles. The lowest BCUT2D eigenvalue weighted by molar-refractivity contribution is 0.407. The fraction of sp³-hybridized carbons (Fsp3) is 0.188. The maximum Gasteiger partial charge on any atom is 0.274 e. The Labute approximate surface area is 122 Å². The summed E-state index contributed by atoms with van der Waals surface area (Å²) in [7, 11) is 0. The fourth-order valence-electron chi connectivity index (χ4n) is 2.15. The molecular formula is C16H14N4O. The number of aromatic nitrogens is 3. The van der Waals surface area contributed by atoms with E-state index >= 15 is 0 Å². The Morgan fingerprint density at radius 1 is 1.24 bits per heavy atom. The molecule has 5 heteroatoms. The summed E-state index contributed by atoms with van der Waals surface area (Å²) in [5, 5.41) is 12.9. The zero-order valence-corrected chi connectivity index (χ0v) is 11.8. The van der Waals surface area contributed by atoms with E-state index in [-0.39, 0.29) is 5.41 Å². The van der Waals surface area contributed by atoms with E-state index in [2.05, 4.69) is 21.2 Å². The first-order chi connectivity index (χ1) is 10.1. The van der Waals surface area contributed by atoms with Gasteiger partial charge in [0.05, 0.1) is 11.0 Å². The van der Waals surface area contributed by atoms with Gasteiger partial charge in [-0.2, -0.15) is 10.2 Å². The predicted molar refractivity (Wildman–Crippen MR) is 77.4 cm³/mol. The van der Waals surface area contributed by atoms with Crippen molar-refractivity contribution in [3.05, 3.63) is 59.5 Å². The van der Waals surface area contributed by atoms with Crippen LogP contribution in [0.4, 0.5) is 0 Å². The van der Waals surface area contributed by atoms with E-state index in [4.69, 9.17) is 9.78 Å². The molecule has 2 aromatic heterocycles. The third kappa shape index (κ3) is 2.32. The summed E-state index contributed by atoms with van der Waals surface area (Å²) in [6.45, 7) is 4.10. The van der Waals surface area contributed by atoms with Crippen molar-refractivity contribution in [2.45, 2.75) is 19.3 Å². The first-order valence-corrected chi connectivity index (χ1v) is 6.60. The van der Waals surface area contributed by atoms with E-state index in [1.54, 1.807) is 12.3 Å². The van der Waals surface area contributed by atoms with Gasteiger partial charge in [0.25, 0.3) is 5.89 Å². The number of benzene rings is 1. The molecule has 1 N–H and O–H groups in total. The van der Waals surface area contributed by atoms with Crippen LogP contribution in [0.3, 0.4) is 0 Å². The molecular weight excluding hydrogens is 264 g/mol. The van der Waals surface area contributed by atoms with Crippen molar-refractivity contribution < 1.29 is 4.52 Å². The molecule has 0 aliphatic rings. The molecule has 2 heterocycles. The third-order valence-electron chi connectivity index (χ3n) is 3.52. The SMILES string of the molecule is CC(C)(c1ccccc1)c1noc(-c2cc(C#N)c[nH]2)n1. The Bertz CT molecular complexity index is 793. The molecule has 3 aromatic rings. The number of nitrogens with one attached hydrogen (secondary N) is 1. The van der Waals surface area contributed by atoms with Crippen LogP contribution in [0.15, 0.2) is 47.1 Å². The molecule has 0 saturated carbocycles. The summed E-state index contributed by atoms with van der Waals surface area (Å²) in [5.74, 6) is 0.993. The van der Waals surface area contributed by atoms with Gasteiger partial charge in [-0.1, -0.05) is 35.5 Å². The third-order valence-corrected chi connectivity index (χ3v) is 3.52. The minimum absolute atomic E-state index is 0.354. The van der Waals surface area contributed by atoms with E-state index in [1.807, 2.05) is 44.2 Å². The lowest BCUT2D eigenvalue weighted by atomic mass is 9.84. The Balaban J connectivity index is 1.96.